The topological polar surface area (TPSA) is 29.9 Å². The number of nitrogens with zero attached hydrogens (tertiary/aromatic N) is 2. The van der Waals surface area contributed by atoms with E-state index in [2.05, 4.69) is 17.3 Å². The molecule has 100 valence electrons. The van der Waals surface area contributed by atoms with Crippen molar-refractivity contribution in [3.8, 4) is 0 Å². The van der Waals surface area contributed by atoms with E-state index in [0.29, 0.717) is 6.54 Å². The predicted octanol–water partition coefficient (Wildman–Crippen LogP) is 3.84. The molecule has 18 heavy (non-hydrogen) atoms. The molecule has 0 saturated carbocycles. The normalized spacial score (nSPS) is 10.2. The van der Waals surface area contributed by atoms with Gasteiger partial charge in [0.15, 0.2) is 5.13 Å². The molecule has 0 bridgehead atoms. The van der Waals surface area contributed by atoms with Crippen LogP contribution in [-0.4, -0.2) is 9.78 Å². The lowest BCUT2D eigenvalue weighted by Gasteiger charge is -2.01. The van der Waals surface area contributed by atoms with Crippen LogP contribution in [-0.2, 0) is 13.1 Å². The van der Waals surface area contributed by atoms with Crippen molar-refractivity contribution in [1.29, 1.82) is 0 Å². The Balaban J connectivity index is 0.00000162. The number of aromatic nitrogens is 2. The van der Waals surface area contributed by atoms with E-state index in [1.54, 1.807) is 6.07 Å². The highest BCUT2D eigenvalue weighted by Gasteiger charge is 2.05. The van der Waals surface area contributed by atoms with Gasteiger partial charge in [0.05, 0.1) is 11.4 Å². The Morgan fingerprint density at radius 1 is 1.44 bits per heavy atom. The molecular weight excluding hydrogens is 273 g/mol. The first-order chi connectivity index (χ1) is 8.19. The number of rotatable bonds is 5. The molecule has 2 aromatic heterocycles. The van der Waals surface area contributed by atoms with Gasteiger partial charge >= 0.3 is 0 Å². The fourth-order valence-electron chi connectivity index (χ4n) is 1.66. The van der Waals surface area contributed by atoms with E-state index < -0.39 is 0 Å². The number of halogens is 2. The van der Waals surface area contributed by atoms with Gasteiger partial charge in [0, 0.05) is 24.2 Å². The van der Waals surface area contributed by atoms with Gasteiger partial charge < -0.3 is 5.32 Å². The van der Waals surface area contributed by atoms with Crippen LogP contribution in [0.1, 0.15) is 23.9 Å². The third-order valence-corrected chi connectivity index (χ3v) is 3.35. The summed E-state index contributed by atoms with van der Waals surface area (Å²) in [4.78, 5) is 0.991. The van der Waals surface area contributed by atoms with E-state index in [9.17, 15) is 4.39 Å². The number of aryl methyl sites for hydroxylation is 2. The Bertz CT molecular complexity index is 495. The summed E-state index contributed by atoms with van der Waals surface area (Å²) in [6.45, 7) is 5.67. The summed E-state index contributed by atoms with van der Waals surface area (Å²) in [6.07, 6.45) is 3.07. The van der Waals surface area contributed by atoms with Crippen molar-refractivity contribution in [3.63, 3.8) is 0 Å². The Morgan fingerprint density at radius 2 is 2.22 bits per heavy atom. The number of anilines is 1. The molecule has 0 fully saturated rings. The van der Waals surface area contributed by atoms with Gasteiger partial charge in [-0.1, -0.05) is 6.92 Å². The van der Waals surface area contributed by atoms with Gasteiger partial charge in [0.1, 0.15) is 0 Å². The average Bonchev–Trinajstić information content (AvgIpc) is 2.83. The van der Waals surface area contributed by atoms with E-state index in [1.807, 2.05) is 17.8 Å². The second-order valence-electron chi connectivity index (χ2n) is 3.95. The fourth-order valence-corrected chi connectivity index (χ4v) is 2.33. The lowest BCUT2D eigenvalue weighted by Crippen LogP contribution is -1.97. The van der Waals surface area contributed by atoms with E-state index in [-0.39, 0.29) is 17.5 Å². The summed E-state index contributed by atoms with van der Waals surface area (Å²) in [5.41, 5.74) is 2.00. The maximum absolute atomic E-state index is 12.8. The van der Waals surface area contributed by atoms with E-state index in [0.717, 1.165) is 29.2 Å². The predicted molar refractivity (Wildman–Crippen MR) is 76.1 cm³/mol. The smallest absolute Gasteiger partial charge is 0.176 e. The molecule has 0 spiro atoms. The molecule has 0 saturated heterocycles. The second kappa shape index (κ2) is 6.75. The van der Waals surface area contributed by atoms with Crippen molar-refractivity contribution in [2.75, 3.05) is 5.32 Å². The molecule has 0 unspecified atom stereocenters. The monoisotopic (exact) mass is 289 g/mol. The highest BCUT2D eigenvalue weighted by Crippen LogP contribution is 2.18. The third kappa shape index (κ3) is 3.71. The summed E-state index contributed by atoms with van der Waals surface area (Å²) in [7, 11) is 0. The van der Waals surface area contributed by atoms with Gasteiger partial charge in [-0.05, 0) is 25.5 Å². The number of hydrogen-bond donors (Lipinski definition) is 1. The molecule has 0 atom stereocenters. The van der Waals surface area contributed by atoms with Crippen molar-refractivity contribution < 1.29 is 4.39 Å². The van der Waals surface area contributed by atoms with Crippen LogP contribution in [0.25, 0.3) is 0 Å². The highest BCUT2D eigenvalue weighted by atomic mass is 35.5. The van der Waals surface area contributed by atoms with Crippen molar-refractivity contribution >= 4 is 29.4 Å². The van der Waals surface area contributed by atoms with Gasteiger partial charge in [-0.25, -0.2) is 0 Å². The maximum atomic E-state index is 12.8. The zero-order chi connectivity index (χ0) is 12.3. The van der Waals surface area contributed by atoms with Crippen LogP contribution in [0.4, 0.5) is 10.1 Å². The Hall–Kier alpha value is -1.07. The standard InChI is InChI=1S/C12H16FN3S.ClH/c1-3-6-16-8-11(9(2)15-16)14-7-10-4-5-12(13)17-10;/h4-5,8,14H,3,6-7H2,1-2H3;1H. The Kier molecular flexibility index (Phi) is 5.62. The molecule has 0 radical (unpaired) electrons. The molecule has 1 N–H and O–H groups in total. The van der Waals surface area contributed by atoms with Gasteiger partial charge in [-0.3, -0.25) is 4.68 Å². The number of hydrogen-bond acceptors (Lipinski definition) is 3. The van der Waals surface area contributed by atoms with Crippen molar-refractivity contribution in [2.24, 2.45) is 0 Å². The minimum atomic E-state index is -0.139. The molecule has 0 aliphatic heterocycles. The van der Waals surface area contributed by atoms with Crippen molar-refractivity contribution in [3.05, 3.63) is 34.0 Å². The summed E-state index contributed by atoms with van der Waals surface area (Å²) < 4.78 is 14.7. The number of nitrogens with one attached hydrogen (secondary N) is 1. The Morgan fingerprint density at radius 3 is 2.83 bits per heavy atom. The molecule has 0 aromatic carbocycles. The summed E-state index contributed by atoms with van der Waals surface area (Å²) in [6, 6.07) is 3.30. The summed E-state index contributed by atoms with van der Waals surface area (Å²) >= 11 is 1.17. The van der Waals surface area contributed by atoms with Crippen LogP contribution in [0.15, 0.2) is 18.3 Å². The van der Waals surface area contributed by atoms with Gasteiger partial charge in [0.2, 0.25) is 0 Å². The van der Waals surface area contributed by atoms with Crippen LogP contribution in [0.3, 0.4) is 0 Å². The second-order valence-corrected chi connectivity index (χ2v) is 5.07. The van der Waals surface area contributed by atoms with Gasteiger partial charge in [-0.2, -0.15) is 9.49 Å². The molecule has 0 amide bonds. The summed E-state index contributed by atoms with van der Waals surface area (Å²) in [5.74, 6) is 0. The first-order valence-electron chi connectivity index (χ1n) is 5.71. The first-order valence-corrected chi connectivity index (χ1v) is 6.53. The minimum Gasteiger partial charge on any atom is -0.377 e. The van der Waals surface area contributed by atoms with Crippen LogP contribution in [0.5, 0.6) is 0 Å². The van der Waals surface area contributed by atoms with Crippen LogP contribution < -0.4 is 5.32 Å². The van der Waals surface area contributed by atoms with Gasteiger partial charge in [0.25, 0.3) is 0 Å². The Labute approximate surface area is 116 Å². The largest absolute Gasteiger partial charge is 0.377 e. The SMILES string of the molecule is CCCn1cc(NCc2ccc(F)s2)c(C)n1.Cl. The average molecular weight is 290 g/mol. The van der Waals surface area contributed by atoms with E-state index >= 15 is 0 Å². The lowest BCUT2D eigenvalue weighted by molar-refractivity contribution is 0.598. The molecule has 2 heterocycles. The lowest BCUT2D eigenvalue weighted by atomic mass is 10.4. The van der Waals surface area contributed by atoms with Crippen molar-refractivity contribution in [1.82, 2.24) is 9.78 Å². The zero-order valence-corrected chi connectivity index (χ0v) is 12.1. The van der Waals surface area contributed by atoms with Crippen molar-refractivity contribution in [2.45, 2.75) is 33.4 Å². The molecule has 0 aliphatic rings. The van der Waals surface area contributed by atoms with Crippen LogP contribution >= 0.6 is 23.7 Å². The molecule has 0 aliphatic carbocycles. The van der Waals surface area contributed by atoms with E-state index in [1.165, 1.54) is 17.4 Å². The minimum absolute atomic E-state index is 0. The van der Waals surface area contributed by atoms with Crippen LogP contribution in [0, 0.1) is 12.1 Å². The zero-order valence-electron chi connectivity index (χ0n) is 10.4. The molecular formula is C12H17ClFN3S. The molecule has 6 heteroatoms. The number of thiophene rings is 1. The molecule has 2 rings (SSSR count). The van der Waals surface area contributed by atoms with Crippen LogP contribution in [0.2, 0.25) is 0 Å². The molecule has 3 nitrogen and oxygen atoms in total. The van der Waals surface area contributed by atoms with E-state index in [4.69, 9.17) is 0 Å². The fraction of sp³-hybridized carbons (Fsp3) is 0.417. The summed E-state index contributed by atoms with van der Waals surface area (Å²) in [5, 5.41) is 7.54. The quantitative estimate of drug-likeness (QED) is 0.906. The third-order valence-electron chi connectivity index (χ3n) is 2.48. The molecule has 2 aromatic rings. The highest BCUT2D eigenvalue weighted by molar-refractivity contribution is 7.10. The van der Waals surface area contributed by atoms with Gasteiger partial charge in [-0.15, -0.1) is 23.7 Å². The maximum Gasteiger partial charge on any atom is 0.176 e. The first kappa shape index (κ1) is 15.0.